The Kier molecular flexibility index (Phi) is 4.85. The molecule has 0 saturated carbocycles. The van der Waals surface area contributed by atoms with Gasteiger partial charge in [0.05, 0.1) is 6.20 Å². The molecule has 1 aromatic rings. The van der Waals surface area contributed by atoms with Crippen LogP contribution in [0.2, 0.25) is 0 Å². The van der Waals surface area contributed by atoms with Gasteiger partial charge in [0.25, 0.3) is 5.91 Å². The fourth-order valence-electron chi connectivity index (χ4n) is 1.37. The van der Waals surface area contributed by atoms with Gasteiger partial charge in [-0.1, -0.05) is 13.3 Å². The van der Waals surface area contributed by atoms with Gasteiger partial charge in [0.15, 0.2) is 0 Å². The van der Waals surface area contributed by atoms with Crippen LogP contribution in [0, 0.1) is 5.82 Å². The summed E-state index contributed by atoms with van der Waals surface area (Å²) in [4.78, 5) is 15.3. The van der Waals surface area contributed by atoms with E-state index in [4.69, 9.17) is 5.73 Å². The number of hydrogen-bond acceptors (Lipinski definition) is 3. The largest absolute Gasteiger partial charge is 0.347 e. The van der Waals surface area contributed by atoms with Crippen molar-refractivity contribution in [1.82, 2.24) is 10.3 Å². The molecule has 0 aromatic carbocycles. The molecule has 5 heteroatoms. The number of nitrogens with zero attached hydrogens (tertiary/aromatic N) is 1. The molecule has 1 rings (SSSR count). The highest BCUT2D eigenvalue weighted by atomic mass is 19.1. The van der Waals surface area contributed by atoms with Gasteiger partial charge in [-0.05, 0) is 18.6 Å². The SMILES string of the molecule is CCCC(CN)NC(=O)c1ccc(F)cn1. The number of hydrogen-bond donors (Lipinski definition) is 2. The Labute approximate surface area is 94.1 Å². The number of carbonyl (C=O) groups is 1. The second-order valence-electron chi connectivity index (χ2n) is 3.56. The summed E-state index contributed by atoms with van der Waals surface area (Å²) in [7, 11) is 0. The lowest BCUT2D eigenvalue weighted by Gasteiger charge is -2.15. The van der Waals surface area contributed by atoms with Crippen LogP contribution in [0.3, 0.4) is 0 Å². The zero-order valence-corrected chi connectivity index (χ0v) is 9.24. The predicted octanol–water partition coefficient (Wildman–Crippen LogP) is 1.08. The first-order valence-corrected chi connectivity index (χ1v) is 5.29. The van der Waals surface area contributed by atoms with Gasteiger partial charge in [0.2, 0.25) is 0 Å². The van der Waals surface area contributed by atoms with Crippen molar-refractivity contribution >= 4 is 5.91 Å². The molecule has 0 saturated heterocycles. The topological polar surface area (TPSA) is 68.0 Å². The lowest BCUT2D eigenvalue weighted by atomic mass is 10.1. The summed E-state index contributed by atoms with van der Waals surface area (Å²) in [6.07, 6.45) is 2.79. The lowest BCUT2D eigenvalue weighted by molar-refractivity contribution is 0.0931. The Bertz CT molecular complexity index is 340. The molecular weight excluding hydrogens is 209 g/mol. The maximum Gasteiger partial charge on any atom is 0.270 e. The van der Waals surface area contributed by atoms with Crippen LogP contribution in [0.25, 0.3) is 0 Å². The number of rotatable bonds is 5. The Morgan fingerprint density at radius 1 is 1.62 bits per heavy atom. The van der Waals surface area contributed by atoms with E-state index in [1.807, 2.05) is 6.92 Å². The highest BCUT2D eigenvalue weighted by Crippen LogP contribution is 2.00. The minimum Gasteiger partial charge on any atom is -0.347 e. The first kappa shape index (κ1) is 12.6. The maximum absolute atomic E-state index is 12.6. The van der Waals surface area contributed by atoms with Crippen LogP contribution in [0.15, 0.2) is 18.3 Å². The third kappa shape index (κ3) is 3.58. The van der Waals surface area contributed by atoms with Crippen LogP contribution >= 0.6 is 0 Å². The molecule has 4 nitrogen and oxygen atoms in total. The standard InChI is InChI=1S/C11H16FN3O/c1-2-3-9(6-13)15-11(16)10-5-4-8(12)7-14-10/h4-5,7,9H,2-3,6,13H2,1H3,(H,15,16). The molecule has 1 atom stereocenters. The first-order chi connectivity index (χ1) is 7.67. The molecule has 0 aliphatic carbocycles. The van der Waals surface area contributed by atoms with Crippen LogP contribution in [0.1, 0.15) is 30.3 Å². The number of aromatic nitrogens is 1. The summed E-state index contributed by atoms with van der Waals surface area (Å²) >= 11 is 0. The summed E-state index contributed by atoms with van der Waals surface area (Å²) in [5, 5.41) is 2.75. The van der Waals surface area contributed by atoms with E-state index in [-0.39, 0.29) is 17.6 Å². The zero-order chi connectivity index (χ0) is 12.0. The number of nitrogens with two attached hydrogens (primary N) is 1. The van der Waals surface area contributed by atoms with Gasteiger partial charge in [0.1, 0.15) is 11.5 Å². The molecule has 1 unspecified atom stereocenters. The number of carbonyl (C=O) groups excluding carboxylic acids is 1. The molecule has 16 heavy (non-hydrogen) atoms. The summed E-state index contributed by atoms with van der Waals surface area (Å²) in [5.41, 5.74) is 5.72. The summed E-state index contributed by atoms with van der Waals surface area (Å²) < 4.78 is 12.6. The first-order valence-electron chi connectivity index (χ1n) is 5.29. The molecule has 0 fully saturated rings. The van der Waals surface area contributed by atoms with Gasteiger partial charge >= 0.3 is 0 Å². The smallest absolute Gasteiger partial charge is 0.270 e. The van der Waals surface area contributed by atoms with E-state index in [1.165, 1.54) is 12.1 Å². The van der Waals surface area contributed by atoms with Crippen molar-refractivity contribution in [1.29, 1.82) is 0 Å². The normalized spacial score (nSPS) is 12.2. The molecule has 0 aliphatic heterocycles. The van der Waals surface area contributed by atoms with Crippen molar-refractivity contribution in [2.75, 3.05) is 6.54 Å². The summed E-state index contributed by atoms with van der Waals surface area (Å²) in [5.74, 6) is -0.774. The lowest BCUT2D eigenvalue weighted by Crippen LogP contribution is -2.40. The van der Waals surface area contributed by atoms with E-state index < -0.39 is 5.82 Å². The molecule has 1 heterocycles. The minimum atomic E-state index is -0.458. The van der Waals surface area contributed by atoms with Crippen molar-refractivity contribution in [2.24, 2.45) is 5.73 Å². The molecule has 3 N–H and O–H groups in total. The fourth-order valence-corrected chi connectivity index (χ4v) is 1.37. The third-order valence-electron chi connectivity index (χ3n) is 2.22. The second-order valence-corrected chi connectivity index (χ2v) is 3.56. The number of amides is 1. The van der Waals surface area contributed by atoms with Crippen LogP contribution in [0.5, 0.6) is 0 Å². The van der Waals surface area contributed by atoms with Crippen molar-refractivity contribution in [3.8, 4) is 0 Å². The molecule has 0 aliphatic rings. The Balaban J connectivity index is 2.60. The molecular formula is C11H16FN3O. The molecule has 1 amide bonds. The van der Waals surface area contributed by atoms with E-state index in [0.29, 0.717) is 6.54 Å². The number of nitrogens with one attached hydrogen (secondary N) is 1. The average molecular weight is 225 g/mol. The third-order valence-corrected chi connectivity index (χ3v) is 2.22. The van der Waals surface area contributed by atoms with Gasteiger partial charge in [-0.3, -0.25) is 4.79 Å². The van der Waals surface area contributed by atoms with E-state index in [9.17, 15) is 9.18 Å². The molecule has 88 valence electrons. The van der Waals surface area contributed by atoms with Crippen LogP contribution in [-0.2, 0) is 0 Å². The summed E-state index contributed by atoms with van der Waals surface area (Å²) in [6.45, 7) is 2.41. The Hall–Kier alpha value is -1.49. The second kappa shape index (κ2) is 6.17. The Morgan fingerprint density at radius 3 is 2.88 bits per heavy atom. The average Bonchev–Trinajstić information content (AvgIpc) is 2.29. The van der Waals surface area contributed by atoms with Crippen molar-refractivity contribution in [2.45, 2.75) is 25.8 Å². The van der Waals surface area contributed by atoms with Gasteiger partial charge in [-0.15, -0.1) is 0 Å². The highest BCUT2D eigenvalue weighted by molar-refractivity contribution is 5.92. The number of pyridine rings is 1. The van der Waals surface area contributed by atoms with Gasteiger partial charge in [-0.2, -0.15) is 0 Å². The molecule has 0 radical (unpaired) electrons. The van der Waals surface area contributed by atoms with Gasteiger partial charge in [0, 0.05) is 12.6 Å². The number of halogens is 1. The molecule has 1 aromatic heterocycles. The predicted molar refractivity (Wildman–Crippen MR) is 59.4 cm³/mol. The van der Waals surface area contributed by atoms with Crippen LogP contribution in [0.4, 0.5) is 4.39 Å². The maximum atomic E-state index is 12.6. The van der Waals surface area contributed by atoms with E-state index in [2.05, 4.69) is 10.3 Å². The molecule has 0 bridgehead atoms. The van der Waals surface area contributed by atoms with Crippen molar-refractivity contribution in [3.63, 3.8) is 0 Å². The summed E-state index contributed by atoms with van der Waals surface area (Å²) in [6, 6.07) is 2.51. The van der Waals surface area contributed by atoms with E-state index in [1.54, 1.807) is 0 Å². The van der Waals surface area contributed by atoms with Crippen LogP contribution < -0.4 is 11.1 Å². The van der Waals surface area contributed by atoms with Crippen molar-refractivity contribution in [3.05, 3.63) is 29.8 Å². The van der Waals surface area contributed by atoms with Gasteiger partial charge < -0.3 is 11.1 Å². The van der Waals surface area contributed by atoms with Crippen LogP contribution in [-0.4, -0.2) is 23.5 Å². The van der Waals surface area contributed by atoms with E-state index >= 15 is 0 Å². The zero-order valence-electron chi connectivity index (χ0n) is 9.24. The monoisotopic (exact) mass is 225 g/mol. The Morgan fingerprint density at radius 2 is 2.38 bits per heavy atom. The van der Waals surface area contributed by atoms with Gasteiger partial charge in [-0.25, -0.2) is 9.37 Å². The minimum absolute atomic E-state index is 0.0515. The van der Waals surface area contributed by atoms with E-state index in [0.717, 1.165) is 19.0 Å². The molecule has 0 spiro atoms. The van der Waals surface area contributed by atoms with Crippen molar-refractivity contribution < 1.29 is 9.18 Å². The fraction of sp³-hybridized carbons (Fsp3) is 0.455. The highest BCUT2D eigenvalue weighted by Gasteiger charge is 2.12. The quantitative estimate of drug-likeness (QED) is 0.787.